The molecule has 0 spiro atoms. The Morgan fingerprint density at radius 3 is 1.78 bits per heavy atom. The largest absolute Gasteiger partial charge is 0.345 e. The van der Waals surface area contributed by atoms with Gasteiger partial charge >= 0.3 is 10.2 Å². The predicted molar refractivity (Wildman–Crippen MR) is 88.2 cm³/mol. The molecule has 2 rings (SSSR count). The summed E-state index contributed by atoms with van der Waals surface area (Å²) in [7, 11) is -9.65. The maximum Gasteiger partial charge on any atom is 0.345 e. The number of benzene rings is 1. The van der Waals surface area contributed by atoms with Gasteiger partial charge in [0.25, 0.3) is 0 Å². The second-order valence-electron chi connectivity index (χ2n) is 5.77. The van der Waals surface area contributed by atoms with Crippen LogP contribution >= 0.6 is 10.2 Å². The molecule has 6 heteroatoms. The van der Waals surface area contributed by atoms with Crippen molar-refractivity contribution in [1.82, 2.24) is 0 Å². The normalized spacial score (nSPS) is 24.2. The van der Waals surface area contributed by atoms with Gasteiger partial charge in [0.1, 0.15) is 0 Å². The average molecular weight is 354 g/mol. The van der Waals surface area contributed by atoms with Crippen LogP contribution in [0.25, 0.3) is 0 Å². The van der Waals surface area contributed by atoms with Gasteiger partial charge in [0.05, 0.1) is 5.25 Å². The molecule has 0 bridgehead atoms. The van der Waals surface area contributed by atoms with Crippen LogP contribution in [0.15, 0.2) is 24.3 Å². The molecule has 1 aliphatic carbocycles. The highest BCUT2D eigenvalue weighted by molar-refractivity contribution is 8.49. The Kier molecular flexibility index (Phi) is 5.47. The van der Waals surface area contributed by atoms with Crippen molar-refractivity contribution in [2.45, 2.75) is 52.4 Å². The molecule has 0 nitrogen and oxygen atoms in total. The highest BCUT2D eigenvalue weighted by atomic mass is 32.5. The SMILES string of the molecule is CC.CC1CCC(c2ccc(C#CS(F)(F)(F)(F)F)cc2)CC1. The standard InChI is InChI=1S/C15H17F5S.C2H6/c1-12-2-6-14(7-3-12)15-8-4-13(5-9-15)10-11-21(16,17,18,19)20;1-2/h4-5,8-9,12,14H,2-3,6-7H2,1H3;1-2H3. The maximum absolute atomic E-state index is 12.1. The lowest BCUT2D eigenvalue weighted by Crippen LogP contribution is -2.10. The lowest BCUT2D eigenvalue weighted by molar-refractivity contribution is 0.348. The summed E-state index contributed by atoms with van der Waals surface area (Å²) in [5, 5.41) is 0.230. The summed E-state index contributed by atoms with van der Waals surface area (Å²) in [6.45, 7) is 6.20. The van der Waals surface area contributed by atoms with Gasteiger partial charge in [0.15, 0.2) is 0 Å². The molecule has 0 aliphatic heterocycles. The topological polar surface area (TPSA) is 0 Å². The monoisotopic (exact) mass is 354 g/mol. The molecule has 23 heavy (non-hydrogen) atoms. The Morgan fingerprint density at radius 1 is 0.870 bits per heavy atom. The van der Waals surface area contributed by atoms with Crippen LogP contribution in [0, 0.1) is 17.1 Å². The third-order valence-electron chi connectivity index (χ3n) is 3.79. The fraction of sp³-hybridized carbons (Fsp3) is 0.529. The van der Waals surface area contributed by atoms with Crippen LogP contribution in [0.1, 0.15) is 63.5 Å². The van der Waals surface area contributed by atoms with Gasteiger partial charge in [0, 0.05) is 5.56 Å². The minimum absolute atomic E-state index is 0.0452. The molecule has 132 valence electrons. The van der Waals surface area contributed by atoms with Gasteiger partial charge in [0.2, 0.25) is 0 Å². The number of halogens is 5. The molecule has 1 fully saturated rings. The molecule has 1 saturated carbocycles. The first kappa shape index (κ1) is 19.8. The van der Waals surface area contributed by atoms with Crippen molar-refractivity contribution in [3.63, 3.8) is 0 Å². The van der Waals surface area contributed by atoms with Crippen LogP contribution in [0.4, 0.5) is 19.4 Å². The lowest BCUT2D eigenvalue weighted by Gasteiger charge is -2.33. The van der Waals surface area contributed by atoms with Crippen LogP contribution < -0.4 is 0 Å². The van der Waals surface area contributed by atoms with E-state index in [2.05, 4.69) is 6.92 Å². The summed E-state index contributed by atoms with van der Waals surface area (Å²) in [5.41, 5.74) is 0.996. The molecule has 0 radical (unpaired) electrons. The fourth-order valence-electron chi connectivity index (χ4n) is 2.59. The first-order chi connectivity index (χ1) is 10.4. The molecule has 0 saturated heterocycles. The zero-order valence-corrected chi connectivity index (χ0v) is 14.4. The number of rotatable bonds is 1. The van der Waals surface area contributed by atoms with Crippen LogP contribution in [-0.4, -0.2) is 0 Å². The van der Waals surface area contributed by atoms with Crippen molar-refractivity contribution in [3.8, 4) is 11.2 Å². The van der Waals surface area contributed by atoms with Gasteiger partial charge in [-0.3, -0.25) is 0 Å². The van der Waals surface area contributed by atoms with Crippen LogP contribution in [0.2, 0.25) is 0 Å². The Balaban J connectivity index is 0.00000127. The van der Waals surface area contributed by atoms with E-state index < -0.39 is 10.2 Å². The Bertz CT molecular complexity index is 569. The molecule has 1 aromatic rings. The maximum atomic E-state index is 12.1. The summed E-state index contributed by atoms with van der Waals surface area (Å²) in [5.74, 6) is 2.64. The van der Waals surface area contributed by atoms with Crippen molar-refractivity contribution in [1.29, 1.82) is 0 Å². The van der Waals surface area contributed by atoms with E-state index >= 15 is 0 Å². The molecule has 0 aromatic heterocycles. The van der Waals surface area contributed by atoms with E-state index in [1.54, 1.807) is 12.1 Å². The van der Waals surface area contributed by atoms with E-state index in [0.29, 0.717) is 11.8 Å². The van der Waals surface area contributed by atoms with Gasteiger partial charge in [-0.1, -0.05) is 65.2 Å². The third kappa shape index (κ3) is 7.74. The van der Waals surface area contributed by atoms with Gasteiger partial charge < -0.3 is 0 Å². The summed E-state index contributed by atoms with van der Waals surface area (Å²) in [6, 6.07) is 6.14. The second kappa shape index (κ2) is 6.35. The Hall–Kier alpha value is -1.22. The van der Waals surface area contributed by atoms with Crippen LogP contribution in [0.3, 0.4) is 0 Å². The molecule has 1 aromatic carbocycles. The third-order valence-corrected chi connectivity index (χ3v) is 4.27. The first-order valence-electron chi connectivity index (χ1n) is 7.80. The molecule has 0 atom stereocenters. The summed E-state index contributed by atoms with van der Waals surface area (Å²) < 4.78 is 60.7. The smallest absolute Gasteiger partial charge is 0.0873 e. The molecule has 0 N–H and O–H groups in total. The first-order valence-corrected chi connectivity index (χ1v) is 9.75. The van der Waals surface area contributed by atoms with E-state index in [1.165, 1.54) is 18.1 Å². The molecule has 0 unspecified atom stereocenters. The zero-order valence-electron chi connectivity index (χ0n) is 13.6. The second-order valence-corrected chi connectivity index (χ2v) is 7.92. The Labute approximate surface area is 135 Å². The summed E-state index contributed by atoms with van der Waals surface area (Å²) >= 11 is 0. The molecular formula is C17H23F5S. The van der Waals surface area contributed by atoms with E-state index in [4.69, 9.17) is 0 Å². The van der Waals surface area contributed by atoms with E-state index in [0.717, 1.165) is 31.2 Å². The van der Waals surface area contributed by atoms with Crippen molar-refractivity contribution < 1.29 is 19.4 Å². The van der Waals surface area contributed by atoms with Crippen molar-refractivity contribution in [3.05, 3.63) is 35.4 Å². The summed E-state index contributed by atoms with van der Waals surface area (Å²) in [6.07, 6.45) is 4.38. The zero-order chi connectivity index (χ0) is 17.8. The quantitative estimate of drug-likeness (QED) is 0.359. The van der Waals surface area contributed by atoms with Gasteiger partial charge in [-0.2, -0.15) is 0 Å². The van der Waals surface area contributed by atoms with E-state index in [-0.39, 0.29) is 10.8 Å². The van der Waals surface area contributed by atoms with Gasteiger partial charge in [-0.15, -0.1) is 0 Å². The number of hydrogen-bond acceptors (Lipinski definition) is 0. The van der Waals surface area contributed by atoms with Gasteiger partial charge in [-0.25, -0.2) is 0 Å². The molecule has 0 heterocycles. The van der Waals surface area contributed by atoms with Crippen molar-refractivity contribution >= 4 is 10.2 Å². The minimum Gasteiger partial charge on any atom is -0.0873 e. The number of hydrogen-bond donors (Lipinski definition) is 0. The highest BCUT2D eigenvalue weighted by Gasteiger charge is 2.62. The van der Waals surface area contributed by atoms with Crippen molar-refractivity contribution in [2.24, 2.45) is 5.92 Å². The van der Waals surface area contributed by atoms with E-state index in [1.807, 2.05) is 13.8 Å². The van der Waals surface area contributed by atoms with Crippen LogP contribution in [-0.2, 0) is 0 Å². The van der Waals surface area contributed by atoms with Crippen molar-refractivity contribution in [2.75, 3.05) is 0 Å². The highest BCUT2D eigenvalue weighted by Crippen LogP contribution is 2.97. The Morgan fingerprint density at radius 2 is 1.35 bits per heavy atom. The minimum atomic E-state index is -9.65. The van der Waals surface area contributed by atoms with E-state index in [9.17, 15) is 19.4 Å². The molecular weight excluding hydrogens is 331 g/mol. The lowest BCUT2D eigenvalue weighted by atomic mass is 9.79. The fourth-order valence-corrected chi connectivity index (χ4v) is 2.90. The predicted octanol–water partition coefficient (Wildman–Crippen LogP) is 7.61. The molecule has 1 aliphatic rings. The molecule has 0 amide bonds. The summed E-state index contributed by atoms with van der Waals surface area (Å²) in [4.78, 5) is 0. The average Bonchev–Trinajstić information content (AvgIpc) is 2.47. The van der Waals surface area contributed by atoms with Crippen LogP contribution in [0.5, 0.6) is 0 Å². The van der Waals surface area contributed by atoms with Gasteiger partial charge in [-0.05, 0) is 48.3 Å².